The van der Waals surface area contributed by atoms with Gasteiger partial charge in [-0.25, -0.2) is 4.98 Å². The molecule has 0 fully saturated rings. The molecule has 1 heterocycles. The molecule has 0 aliphatic heterocycles. The van der Waals surface area contributed by atoms with Crippen molar-refractivity contribution in [1.82, 2.24) is 15.6 Å². The summed E-state index contributed by atoms with van der Waals surface area (Å²) in [7, 11) is 1.79. The lowest BCUT2D eigenvalue weighted by molar-refractivity contribution is 0.117. The largest absolute Gasteiger partial charge is 0.377 e. The van der Waals surface area contributed by atoms with Crippen LogP contribution in [0.3, 0.4) is 0 Å². The third kappa shape index (κ3) is 9.53. The fourth-order valence-electron chi connectivity index (χ4n) is 2.35. The number of rotatable bonds is 10. The van der Waals surface area contributed by atoms with Gasteiger partial charge in [-0.3, -0.25) is 4.99 Å². The zero-order valence-corrected chi connectivity index (χ0v) is 19.6. The monoisotopic (exact) mass is 502 g/mol. The fraction of sp³-hybridized carbons (Fsp3) is 0.500. The number of thiazole rings is 1. The Hall–Kier alpha value is -1.19. The number of guanidine groups is 1. The zero-order valence-electron chi connectivity index (χ0n) is 16.4. The van der Waals surface area contributed by atoms with Gasteiger partial charge in [-0.1, -0.05) is 44.2 Å². The number of aliphatic imine (C=N–C) groups is 1. The van der Waals surface area contributed by atoms with Crippen LogP contribution in [-0.2, 0) is 17.9 Å². The van der Waals surface area contributed by atoms with Crippen molar-refractivity contribution in [3.8, 4) is 0 Å². The molecule has 2 N–H and O–H groups in total. The van der Waals surface area contributed by atoms with Crippen molar-refractivity contribution < 1.29 is 4.74 Å². The van der Waals surface area contributed by atoms with Crippen LogP contribution in [0, 0.1) is 0 Å². The molecule has 1 aromatic heterocycles. The molecule has 1 aromatic carbocycles. The van der Waals surface area contributed by atoms with Crippen molar-refractivity contribution in [2.75, 3.05) is 20.2 Å². The number of benzene rings is 1. The van der Waals surface area contributed by atoms with Crippen molar-refractivity contribution in [2.24, 2.45) is 4.99 Å². The van der Waals surface area contributed by atoms with E-state index < -0.39 is 0 Å². The highest BCUT2D eigenvalue weighted by molar-refractivity contribution is 14.0. The van der Waals surface area contributed by atoms with Gasteiger partial charge in [-0.05, 0) is 24.3 Å². The van der Waals surface area contributed by atoms with Crippen molar-refractivity contribution in [2.45, 2.75) is 45.8 Å². The predicted molar refractivity (Wildman–Crippen MR) is 125 cm³/mol. The lowest BCUT2D eigenvalue weighted by Crippen LogP contribution is -2.37. The molecule has 0 aliphatic rings. The van der Waals surface area contributed by atoms with E-state index in [1.807, 2.05) is 18.2 Å². The molecule has 5 nitrogen and oxygen atoms in total. The van der Waals surface area contributed by atoms with E-state index in [9.17, 15) is 0 Å². The molecule has 7 heteroatoms. The minimum absolute atomic E-state index is 0. The molecular weight excluding hydrogens is 471 g/mol. The van der Waals surface area contributed by atoms with E-state index in [2.05, 4.69) is 52.0 Å². The van der Waals surface area contributed by atoms with Crippen LogP contribution in [0.5, 0.6) is 0 Å². The van der Waals surface area contributed by atoms with Crippen LogP contribution >= 0.6 is 35.3 Å². The Kier molecular flexibility index (Phi) is 12.3. The molecule has 0 amide bonds. The summed E-state index contributed by atoms with van der Waals surface area (Å²) >= 11 is 1.69. The third-order valence-corrected chi connectivity index (χ3v) is 4.78. The van der Waals surface area contributed by atoms with E-state index in [-0.39, 0.29) is 24.0 Å². The summed E-state index contributed by atoms with van der Waals surface area (Å²) in [5.74, 6) is 1.29. The summed E-state index contributed by atoms with van der Waals surface area (Å²) in [5, 5.41) is 9.88. The van der Waals surface area contributed by atoms with Crippen molar-refractivity contribution in [1.29, 1.82) is 0 Å². The number of hydrogen-bond acceptors (Lipinski definition) is 4. The average Bonchev–Trinajstić information content (AvgIpc) is 3.13. The lowest BCUT2D eigenvalue weighted by Gasteiger charge is -2.11. The Morgan fingerprint density at radius 2 is 1.96 bits per heavy atom. The third-order valence-electron chi connectivity index (χ3n) is 3.91. The van der Waals surface area contributed by atoms with E-state index in [4.69, 9.17) is 4.74 Å². The highest BCUT2D eigenvalue weighted by Crippen LogP contribution is 2.17. The predicted octanol–water partition coefficient (Wildman–Crippen LogP) is 4.55. The van der Waals surface area contributed by atoms with Crippen LogP contribution in [0.1, 0.15) is 48.9 Å². The summed E-state index contributed by atoms with van der Waals surface area (Å²) in [6.07, 6.45) is 2.07. The minimum Gasteiger partial charge on any atom is -0.377 e. The molecule has 0 radical (unpaired) electrons. The van der Waals surface area contributed by atoms with Gasteiger partial charge < -0.3 is 15.4 Å². The lowest BCUT2D eigenvalue weighted by atomic mass is 10.2. The Bertz CT molecular complexity index is 661. The first-order valence-electron chi connectivity index (χ1n) is 9.19. The summed E-state index contributed by atoms with van der Waals surface area (Å²) in [5.41, 5.74) is 2.38. The van der Waals surface area contributed by atoms with Gasteiger partial charge in [0.15, 0.2) is 5.96 Å². The van der Waals surface area contributed by atoms with Gasteiger partial charge in [0, 0.05) is 25.6 Å². The van der Waals surface area contributed by atoms with Gasteiger partial charge in [-0.2, -0.15) is 0 Å². The number of unbranched alkanes of at least 4 members (excludes halogenated alkanes) is 1. The van der Waals surface area contributed by atoms with Gasteiger partial charge in [0.2, 0.25) is 0 Å². The number of hydrogen-bond donors (Lipinski definition) is 2. The maximum atomic E-state index is 5.70. The number of aromatic nitrogens is 1. The minimum atomic E-state index is 0. The highest BCUT2D eigenvalue weighted by atomic mass is 127. The molecular formula is C20H31IN4OS. The molecule has 0 saturated carbocycles. The molecule has 27 heavy (non-hydrogen) atoms. The van der Waals surface area contributed by atoms with E-state index in [0.717, 1.165) is 42.7 Å². The standard InChI is InChI=1S/C20H30N4OS.HI/c1-16(2)18-15-26-19(24-18)13-23-20(21-3)22-11-7-8-12-25-14-17-9-5-4-6-10-17;/h4-6,9-10,15-16H,7-8,11-14H2,1-3H3,(H2,21,22,23);1H. The topological polar surface area (TPSA) is 58.5 Å². The van der Waals surface area contributed by atoms with Crippen LogP contribution in [0.2, 0.25) is 0 Å². The van der Waals surface area contributed by atoms with Gasteiger partial charge in [0.05, 0.1) is 18.8 Å². The maximum Gasteiger partial charge on any atom is 0.191 e. The van der Waals surface area contributed by atoms with Gasteiger partial charge in [0.25, 0.3) is 0 Å². The quantitative estimate of drug-likeness (QED) is 0.217. The second-order valence-corrected chi connectivity index (χ2v) is 7.36. The van der Waals surface area contributed by atoms with Gasteiger partial charge in [0.1, 0.15) is 5.01 Å². The van der Waals surface area contributed by atoms with Crippen molar-refractivity contribution >= 4 is 41.3 Å². The second-order valence-electron chi connectivity index (χ2n) is 6.42. The van der Waals surface area contributed by atoms with E-state index in [0.29, 0.717) is 19.1 Å². The molecule has 0 unspecified atom stereocenters. The van der Waals surface area contributed by atoms with Crippen LogP contribution in [0.4, 0.5) is 0 Å². The van der Waals surface area contributed by atoms with Crippen LogP contribution < -0.4 is 10.6 Å². The Morgan fingerprint density at radius 1 is 1.19 bits per heavy atom. The first kappa shape index (κ1) is 23.8. The van der Waals surface area contributed by atoms with E-state index >= 15 is 0 Å². The van der Waals surface area contributed by atoms with Crippen LogP contribution in [0.25, 0.3) is 0 Å². The number of nitrogens with one attached hydrogen (secondary N) is 2. The Labute approximate surface area is 184 Å². The SMILES string of the molecule is CN=C(NCCCCOCc1ccccc1)NCc1nc(C(C)C)cs1.I. The number of ether oxygens (including phenoxy) is 1. The fourth-order valence-corrected chi connectivity index (χ4v) is 3.25. The molecule has 0 bridgehead atoms. The average molecular weight is 502 g/mol. The number of halogens is 1. The summed E-state index contributed by atoms with van der Waals surface area (Å²) in [6.45, 7) is 7.37. The molecule has 150 valence electrons. The molecule has 2 aromatic rings. The van der Waals surface area contributed by atoms with Crippen molar-refractivity contribution in [3.05, 3.63) is 52.0 Å². The van der Waals surface area contributed by atoms with Crippen molar-refractivity contribution in [3.63, 3.8) is 0 Å². The normalized spacial score (nSPS) is 11.3. The smallest absolute Gasteiger partial charge is 0.191 e. The van der Waals surface area contributed by atoms with Crippen LogP contribution in [-0.4, -0.2) is 31.1 Å². The molecule has 0 aliphatic carbocycles. The van der Waals surface area contributed by atoms with Gasteiger partial charge in [-0.15, -0.1) is 35.3 Å². The van der Waals surface area contributed by atoms with E-state index in [1.54, 1.807) is 18.4 Å². The number of nitrogens with zero attached hydrogens (tertiary/aromatic N) is 2. The first-order valence-corrected chi connectivity index (χ1v) is 10.1. The maximum absolute atomic E-state index is 5.70. The molecule has 0 spiro atoms. The Morgan fingerprint density at radius 3 is 2.63 bits per heavy atom. The summed E-state index contributed by atoms with van der Waals surface area (Å²) in [4.78, 5) is 8.89. The molecule has 0 saturated heterocycles. The first-order chi connectivity index (χ1) is 12.7. The van der Waals surface area contributed by atoms with E-state index in [1.165, 1.54) is 5.56 Å². The van der Waals surface area contributed by atoms with Crippen LogP contribution in [0.15, 0.2) is 40.7 Å². The molecule has 0 atom stereocenters. The second kappa shape index (κ2) is 13.9. The Balaban J connectivity index is 0.00000364. The van der Waals surface area contributed by atoms with Gasteiger partial charge >= 0.3 is 0 Å². The highest BCUT2D eigenvalue weighted by Gasteiger charge is 2.06. The summed E-state index contributed by atoms with van der Waals surface area (Å²) in [6, 6.07) is 10.3. The summed E-state index contributed by atoms with van der Waals surface area (Å²) < 4.78 is 5.70. The molecule has 2 rings (SSSR count). The zero-order chi connectivity index (χ0) is 18.6.